The minimum Gasteiger partial charge on any atom is -0.347 e. The molecule has 4 heteroatoms. The van der Waals surface area contributed by atoms with Crippen LogP contribution in [0.2, 0.25) is 0 Å². The van der Waals surface area contributed by atoms with Crippen LogP contribution < -0.4 is 5.32 Å². The lowest BCUT2D eigenvalue weighted by Gasteiger charge is -2.27. The monoisotopic (exact) mass is 216 g/mol. The van der Waals surface area contributed by atoms with Gasteiger partial charge in [0.25, 0.3) is 0 Å². The second-order valence-corrected chi connectivity index (χ2v) is 5.18. The average molecular weight is 216 g/mol. The first-order valence-corrected chi connectivity index (χ1v) is 6.31. The van der Waals surface area contributed by atoms with Gasteiger partial charge >= 0.3 is 0 Å². The number of thioether (sulfide) groups is 1. The summed E-state index contributed by atoms with van der Waals surface area (Å²) in [5, 5.41) is 3.39. The molecule has 0 aromatic carbocycles. The fourth-order valence-electron chi connectivity index (χ4n) is 1.68. The van der Waals surface area contributed by atoms with Crippen LogP contribution in [0.3, 0.4) is 0 Å². The highest BCUT2D eigenvalue weighted by Crippen LogP contribution is 2.17. The molecule has 1 aliphatic rings. The SMILES string of the molecule is C[C@@H](NC1CCCSC1)C(=O)N(C)C. The maximum atomic E-state index is 11.6. The first kappa shape index (κ1) is 11.9. The molecule has 1 fully saturated rings. The summed E-state index contributed by atoms with van der Waals surface area (Å²) in [5.74, 6) is 2.58. The fourth-order valence-corrected chi connectivity index (χ4v) is 2.77. The van der Waals surface area contributed by atoms with Crippen molar-refractivity contribution in [2.45, 2.75) is 31.8 Å². The highest BCUT2D eigenvalue weighted by molar-refractivity contribution is 7.99. The van der Waals surface area contributed by atoms with Gasteiger partial charge in [-0.3, -0.25) is 4.79 Å². The van der Waals surface area contributed by atoms with Gasteiger partial charge in [0.2, 0.25) is 5.91 Å². The molecule has 1 rings (SSSR count). The van der Waals surface area contributed by atoms with Gasteiger partial charge in [0.15, 0.2) is 0 Å². The topological polar surface area (TPSA) is 32.3 Å². The Morgan fingerprint density at radius 2 is 2.29 bits per heavy atom. The Morgan fingerprint density at radius 3 is 2.79 bits per heavy atom. The average Bonchev–Trinajstić information content (AvgIpc) is 2.18. The van der Waals surface area contributed by atoms with Crippen molar-refractivity contribution in [3.05, 3.63) is 0 Å². The molecule has 1 unspecified atom stereocenters. The zero-order chi connectivity index (χ0) is 10.6. The zero-order valence-corrected chi connectivity index (χ0v) is 10.1. The molecule has 1 N–H and O–H groups in total. The molecular formula is C10H20N2OS. The lowest BCUT2D eigenvalue weighted by molar-refractivity contribution is -0.130. The van der Waals surface area contributed by atoms with Crippen LogP contribution in [0.4, 0.5) is 0 Å². The molecule has 0 aromatic heterocycles. The van der Waals surface area contributed by atoms with Crippen molar-refractivity contribution in [2.75, 3.05) is 25.6 Å². The number of carbonyl (C=O) groups is 1. The molecule has 3 nitrogen and oxygen atoms in total. The highest BCUT2D eigenvalue weighted by Gasteiger charge is 2.20. The lowest BCUT2D eigenvalue weighted by Crippen LogP contribution is -2.47. The maximum Gasteiger partial charge on any atom is 0.238 e. The lowest BCUT2D eigenvalue weighted by atomic mass is 10.1. The van der Waals surface area contributed by atoms with Crippen molar-refractivity contribution >= 4 is 17.7 Å². The zero-order valence-electron chi connectivity index (χ0n) is 9.25. The molecule has 0 spiro atoms. The van der Waals surface area contributed by atoms with Gasteiger partial charge in [-0.05, 0) is 25.5 Å². The predicted molar refractivity (Wildman–Crippen MR) is 61.6 cm³/mol. The van der Waals surface area contributed by atoms with Crippen LogP contribution in [-0.2, 0) is 4.79 Å². The summed E-state index contributed by atoms with van der Waals surface area (Å²) in [6.45, 7) is 1.95. The van der Waals surface area contributed by atoms with E-state index in [0.29, 0.717) is 6.04 Å². The number of carbonyl (C=O) groups excluding carboxylic acids is 1. The van der Waals surface area contributed by atoms with Crippen molar-refractivity contribution in [1.82, 2.24) is 10.2 Å². The first-order valence-electron chi connectivity index (χ1n) is 5.16. The van der Waals surface area contributed by atoms with Gasteiger partial charge in [0.1, 0.15) is 0 Å². The third-order valence-corrected chi connectivity index (χ3v) is 3.67. The van der Waals surface area contributed by atoms with Crippen LogP contribution in [0.25, 0.3) is 0 Å². The molecule has 1 saturated heterocycles. The number of nitrogens with one attached hydrogen (secondary N) is 1. The smallest absolute Gasteiger partial charge is 0.238 e. The van der Waals surface area contributed by atoms with E-state index in [9.17, 15) is 4.79 Å². The first-order chi connectivity index (χ1) is 6.61. The predicted octanol–water partition coefficient (Wildman–Crippen LogP) is 0.948. The van der Waals surface area contributed by atoms with Crippen LogP contribution in [0.15, 0.2) is 0 Å². The van der Waals surface area contributed by atoms with Crippen LogP contribution in [0.1, 0.15) is 19.8 Å². The van der Waals surface area contributed by atoms with Gasteiger partial charge in [-0.2, -0.15) is 11.8 Å². The molecule has 0 radical (unpaired) electrons. The third kappa shape index (κ3) is 3.50. The molecule has 0 saturated carbocycles. The number of nitrogens with zero attached hydrogens (tertiary/aromatic N) is 1. The van der Waals surface area contributed by atoms with Crippen molar-refractivity contribution in [3.8, 4) is 0 Å². The molecule has 0 aromatic rings. The molecule has 1 amide bonds. The molecule has 1 heterocycles. The minimum absolute atomic E-state index is 0.0475. The van der Waals surface area contributed by atoms with E-state index >= 15 is 0 Å². The summed E-state index contributed by atoms with van der Waals surface area (Å²) < 4.78 is 0. The molecule has 82 valence electrons. The van der Waals surface area contributed by atoms with Gasteiger partial charge in [-0.25, -0.2) is 0 Å². The second kappa shape index (κ2) is 5.61. The Balaban J connectivity index is 2.31. The van der Waals surface area contributed by atoms with Gasteiger partial charge in [0, 0.05) is 25.9 Å². The van der Waals surface area contributed by atoms with Crippen LogP contribution >= 0.6 is 11.8 Å². The van der Waals surface area contributed by atoms with Crippen LogP contribution in [0.5, 0.6) is 0 Å². The summed E-state index contributed by atoms with van der Waals surface area (Å²) in [4.78, 5) is 13.2. The number of hydrogen-bond donors (Lipinski definition) is 1. The quantitative estimate of drug-likeness (QED) is 0.762. The molecule has 0 bridgehead atoms. The normalized spacial score (nSPS) is 24.4. The summed E-state index contributed by atoms with van der Waals surface area (Å²) in [6.07, 6.45) is 2.48. The van der Waals surface area contributed by atoms with E-state index in [4.69, 9.17) is 0 Å². The Morgan fingerprint density at radius 1 is 1.57 bits per heavy atom. The summed E-state index contributed by atoms with van der Waals surface area (Å²) in [7, 11) is 3.60. The summed E-state index contributed by atoms with van der Waals surface area (Å²) >= 11 is 1.98. The van der Waals surface area contributed by atoms with Gasteiger partial charge < -0.3 is 10.2 Å². The number of rotatable bonds is 3. The maximum absolute atomic E-state index is 11.6. The number of hydrogen-bond acceptors (Lipinski definition) is 3. The number of amides is 1. The Bertz CT molecular complexity index is 191. The van der Waals surface area contributed by atoms with Crippen molar-refractivity contribution in [2.24, 2.45) is 0 Å². The van der Waals surface area contributed by atoms with E-state index < -0.39 is 0 Å². The van der Waals surface area contributed by atoms with Gasteiger partial charge in [-0.1, -0.05) is 0 Å². The third-order valence-electron chi connectivity index (χ3n) is 2.46. The second-order valence-electron chi connectivity index (χ2n) is 4.04. The van der Waals surface area contributed by atoms with Crippen molar-refractivity contribution in [3.63, 3.8) is 0 Å². The standard InChI is InChI=1S/C10H20N2OS/c1-8(10(13)12(2)3)11-9-5-4-6-14-7-9/h8-9,11H,4-7H2,1-3H3/t8-,9?/m1/s1. The molecule has 1 aliphatic heterocycles. The largest absolute Gasteiger partial charge is 0.347 e. The summed E-state index contributed by atoms with van der Waals surface area (Å²) in [5.41, 5.74) is 0. The van der Waals surface area contributed by atoms with E-state index in [0.717, 1.165) is 5.75 Å². The van der Waals surface area contributed by atoms with Gasteiger partial charge in [-0.15, -0.1) is 0 Å². The van der Waals surface area contributed by atoms with E-state index in [2.05, 4.69) is 5.32 Å². The highest BCUT2D eigenvalue weighted by atomic mass is 32.2. The van der Waals surface area contributed by atoms with Crippen molar-refractivity contribution < 1.29 is 4.79 Å². The van der Waals surface area contributed by atoms with E-state index in [1.165, 1.54) is 18.6 Å². The van der Waals surface area contributed by atoms with Crippen molar-refractivity contribution in [1.29, 1.82) is 0 Å². The van der Waals surface area contributed by atoms with E-state index in [1.807, 2.05) is 18.7 Å². The fraction of sp³-hybridized carbons (Fsp3) is 0.900. The molecule has 14 heavy (non-hydrogen) atoms. The summed E-state index contributed by atoms with van der Waals surface area (Å²) in [6, 6.07) is 0.473. The molecule has 2 atom stereocenters. The van der Waals surface area contributed by atoms with Gasteiger partial charge in [0.05, 0.1) is 6.04 Å². The molecular weight excluding hydrogens is 196 g/mol. The molecule has 0 aliphatic carbocycles. The van der Waals surface area contributed by atoms with E-state index in [1.54, 1.807) is 19.0 Å². The van der Waals surface area contributed by atoms with Crippen LogP contribution in [0, 0.1) is 0 Å². The van der Waals surface area contributed by atoms with Crippen LogP contribution in [-0.4, -0.2) is 48.5 Å². The Hall–Kier alpha value is -0.220. The van der Waals surface area contributed by atoms with E-state index in [-0.39, 0.29) is 11.9 Å². The number of likely N-dealkylation sites (N-methyl/N-ethyl adjacent to an activating group) is 1. The Kier molecular flexibility index (Phi) is 4.75. The Labute approximate surface area is 90.6 Å². The minimum atomic E-state index is -0.0475.